The van der Waals surface area contributed by atoms with Gasteiger partial charge < -0.3 is 10.2 Å². The summed E-state index contributed by atoms with van der Waals surface area (Å²) < 4.78 is 0. The van der Waals surface area contributed by atoms with Gasteiger partial charge in [0, 0.05) is 18.5 Å². The van der Waals surface area contributed by atoms with Crippen molar-refractivity contribution < 1.29 is 4.79 Å². The molecule has 2 aliphatic rings. The summed E-state index contributed by atoms with van der Waals surface area (Å²) in [5, 5.41) is 7.76. The van der Waals surface area contributed by atoms with Crippen molar-refractivity contribution >= 4 is 29.7 Å². The second kappa shape index (κ2) is 8.00. The van der Waals surface area contributed by atoms with E-state index >= 15 is 0 Å². The number of amides is 1. The minimum Gasteiger partial charge on any atom is -0.335 e. The standard InChI is InChI=1S/C18H28N2OS.ClH/c1-3-15(4-2)17(21)20(12-14-5-10-22-13-14)16-11-18(16)6-8-19-9-7-18;/h5,10,13,15-16,19H,3-4,6-9,11-12H2,1-2H3;1H. The number of hydrogen-bond donors (Lipinski definition) is 1. The summed E-state index contributed by atoms with van der Waals surface area (Å²) in [7, 11) is 0. The van der Waals surface area contributed by atoms with Crippen LogP contribution in [0, 0.1) is 11.3 Å². The van der Waals surface area contributed by atoms with E-state index in [1.54, 1.807) is 11.3 Å². The molecule has 1 aromatic heterocycles. The normalized spacial score (nSPS) is 22.0. The van der Waals surface area contributed by atoms with Gasteiger partial charge in [-0.15, -0.1) is 12.4 Å². The van der Waals surface area contributed by atoms with Crippen LogP contribution in [0.4, 0.5) is 0 Å². The Morgan fingerprint density at radius 1 is 1.39 bits per heavy atom. The lowest BCUT2D eigenvalue weighted by Gasteiger charge is -2.31. The van der Waals surface area contributed by atoms with Gasteiger partial charge in [-0.1, -0.05) is 13.8 Å². The van der Waals surface area contributed by atoms with Crippen LogP contribution in [0.5, 0.6) is 0 Å². The van der Waals surface area contributed by atoms with Crippen molar-refractivity contribution in [3.63, 3.8) is 0 Å². The first-order valence-electron chi connectivity index (χ1n) is 8.72. The Hall–Kier alpha value is -0.580. The lowest BCUT2D eigenvalue weighted by Crippen LogP contribution is -2.41. The highest BCUT2D eigenvalue weighted by Crippen LogP contribution is 2.56. The summed E-state index contributed by atoms with van der Waals surface area (Å²) in [6.45, 7) is 7.31. The number of carbonyl (C=O) groups is 1. The van der Waals surface area contributed by atoms with E-state index in [2.05, 4.69) is 40.9 Å². The number of thiophene rings is 1. The molecule has 0 aromatic carbocycles. The molecular weight excluding hydrogens is 328 g/mol. The second-order valence-electron chi connectivity index (χ2n) is 6.94. The molecule has 5 heteroatoms. The maximum Gasteiger partial charge on any atom is 0.226 e. The molecule has 1 saturated heterocycles. The molecule has 1 atom stereocenters. The van der Waals surface area contributed by atoms with Crippen molar-refractivity contribution in [1.29, 1.82) is 0 Å². The number of piperidine rings is 1. The Bertz CT molecular complexity index is 495. The minimum absolute atomic E-state index is 0. The van der Waals surface area contributed by atoms with Crippen molar-refractivity contribution in [3.8, 4) is 0 Å². The smallest absolute Gasteiger partial charge is 0.226 e. The van der Waals surface area contributed by atoms with Gasteiger partial charge in [0.15, 0.2) is 0 Å². The van der Waals surface area contributed by atoms with Gasteiger partial charge in [0.25, 0.3) is 0 Å². The van der Waals surface area contributed by atoms with Crippen LogP contribution in [0.3, 0.4) is 0 Å². The molecule has 23 heavy (non-hydrogen) atoms. The molecule has 2 fully saturated rings. The highest BCUT2D eigenvalue weighted by atomic mass is 35.5. The fourth-order valence-corrected chi connectivity index (χ4v) is 4.68. The molecular formula is C18H29ClN2OS. The summed E-state index contributed by atoms with van der Waals surface area (Å²) in [5.41, 5.74) is 1.71. The molecule has 1 aliphatic heterocycles. The zero-order valence-corrected chi connectivity index (χ0v) is 15.8. The van der Waals surface area contributed by atoms with E-state index in [1.165, 1.54) is 24.8 Å². The van der Waals surface area contributed by atoms with E-state index in [0.29, 0.717) is 17.4 Å². The molecule has 2 heterocycles. The Morgan fingerprint density at radius 2 is 2.09 bits per heavy atom. The molecule has 0 bridgehead atoms. The number of rotatable bonds is 6. The summed E-state index contributed by atoms with van der Waals surface area (Å²) in [6.07, 6.45) is 5.58. The van der Waals surface area contributed by atoms with Crippen LogP contribution < -0.4 is 5.32 Å². The van der Waals surface area contributed by atoms with E-state index in [4.69, 9.17) is 0 Å². The molecule has 1 unspecified atom stereocenters. The van der Waals surface area contributed by atoms with Crippen molar-refractivity contribution in [2.24, 2.45) is 11.3 Å². The summed E-state index contributed by atoms with van der Waals surface area (Å²) in [4.78, 5) is 15.3. The predicted octanol–water partition coefficient (Wildman–Crippen LogP) is 4.08. The van der Waals surface area contributed by atoms with Gasteiger partial charge in [0.05, 0.1) is 0 Å². The zero-order chi connectivity index (χ0) is 15.6. The largest absolute Gasteiger partial charge is 0.335 e. The Morgan fingerprint density at radius 3 is 2.65 bits per heavy atom. The highest BCUT2D eigenvalue weighted by Gasteiger charge is 2.57. The van der Waals surface area contributed by atoms with Crippen LogP contribution >= 0.6 is 23.7 Å². The van der Waals surface area contributed by atoms with E-state index < -0.39 is 0 Å². The van der Waals surface area contributed by atoms with E-state index in [-0.39, 0.29) is 18.3 Å². The van der Waals surface area contributed by atoms with E-state index in [0.717, 1.165) is 32.5 Å². The maximum atomic E-state index is 13.1. The van der Waals surface area contributed by atoms with Crippen LogP contribution in [-0.4, -0.2) is 29.9 Å². The van der Waals surface area contributed by atoms with Gasteiger partial charge in [-0.05, 0) is 73.0 Å². The molecule has 1 amide bonds. The van der Waals surface area contributed by atoms with Crippen molar-refractivity contribution in [3.05, 3.63) is 22.4 Å². The Labute approximate surface area is 150 Å². The number of nitrogens with zero attached hydrogens (tertiary/aromatic N) is 1. The van der Waals surface area contributed by atoms with Crippen LogP contribution in [0.25, 0.3) is 0 Å². The first kappa shape index (κ1) is 18.8. The minimum atomic E-state index is 0. The lowest BCUT2D eigenvalue weighted by atomic mass is 9.93. The van der Waals surface area contributed by atoms with Gasteiger partial charge in [0.2, 0.25) is 5.91 Å². The first-order valence-corrected chi connectivity index (χ1v) is 9.66. The molecule has 1 saturated carbocycles. The monoisotopic (exact) mass is 356 g/mol. The molecule has 1 aliphatic carbocycles. The van der Waals surface area contributed by atoms with Crippen LogP contribution in [0.1, 0.15) is 51.5 Å². The van der Waals surface area contributed by atoms with Gasteiger partial charge in [-0.25, -0.2) is 0 Å². The number of halogens is 1. The van der Waals surface area contributed by atoms with Gasteiger partial charge in [0.1, 0.15) is 0 Å². The van der Waals surface area contributed by atoms with Gasteiger partial charge >= 0.3 is 0 Å². The Balaban J connectivity index is 0.00000192. The van der Waals surface area contributed by atoms with Gasteiger partial charge in [-0.2, -0.15) is 11.3 Å². The third-order valence-electron chi connectivity index (χ3n) is 5.67. The molecule has 130 valence electrons. The first-order chi connectivity index (χ1) is 10.7. The van der Waals surface area contributed by atoms with Crippen molar-refractivity contribution in [1.82, 2.24) is 10.2 Å². The topological polar surface area (TPSA) is 32.3 Å². The quantitative estimate of drug-likeness (QED) is 0.833. The third-order valence-corrected chi connectivity index (χ3v) is 6.41. The van der Waals surface area contributed by atoms with Crippen molar-refractivity contribution in [2.75, 3.05) is 13.1 Å². The summed E-state index contributed by atoms with van der Waals surface area (Å²) in [5.74, 6) is 0.578. The van der Waals surface area contributed by atoms with Crippen molar-refractivity contribution in [2.45, 2.75) is 58.5 Å². The number of hydrogen-bond acceptors (Lipinski definition) is 3. The number of carbonyl (C=O) groups excluding carboxylic acids is 1. The van der Waals surface area contributed by atoms with Crippen LogP contribution in [-0.2, 0) is 11.3 Å². The SMILES string of the molecule is CCC(CC)C(=O)N(Cc1ccsc1)C1CC12CCNCC2.Cl. The second-order valence-corrected chi connectivity index (χ2v) is 7.72. The molecule has 1 aromatic rings. The van der Waals surface area contributed by atoms with Gasteiger partial charge in [-0.3, -0.25) is 4.79 Å². The average molecular weight is 357 g/mol. The summed E-state index contributed by atoms with van der Waals surface area (Å²) >= 11 is 1.72. The molecule has 3 rings (SSSR count). The predicted molar refractivity (Wildman–Crippen MR) is 99.1 cm³/mol. The fraction of sp³-hybridized carbons (Fsp3) is 0.722. The molecule has 1 N–H and O–H groups in total. The van der Waals surface area contributed by atoms with E-state index in [1.807, 2.05) is 0 Å². The fourth-order valence-electron chi connectivity index (χ4n) is 4.02. The number of nitrogens with one attached hydrogen (secondary N) is 1. The average Bonchev–Trinajstić information content (AvgIpc) is 2.99. The maximum absolute atomic E-state index is 13.1. The summed E-state index contributed by atoms with van der Waals surface area (Å²) in [6, 6.07) is 2.64. The van der Waals surface area contributed by atoms with Crippen LogP contribution in [0.2, 0.25) is 0 Å². The Kier molecular flexibility index (Phi) is 6.52. The lowest BCUT2D eigenvalue weighted by molar-refractivity contribution is -0.137. The highest BCUT2D eigenvalue weighted by molar-refractivity contribution is 7.07. The third kappa shape index (κ3) is 3.92. The zero-order valence-electron chi connectivity index (χ0n) is 14.2. The molecule has 0 radical (unpaired) electrons. The van der Waals surface area contributed by atoms with E-state index in [9.17, 15) is 4.79 Å². The van der Waals surface area contributed by atoms with Crippen LogP contribution in [0.15, 0.2) is 16.8 Å². The molecule has 1 spiro atoms. The molecule has 3 nitrogen and oxygen atoms in total.